The smallest absolute Gasteiger partial charge is 0.326 e. The molecule has 0 spiro atoms. The van der Waals surface area contributed by atoms with Gasteiger partial charge in [-0.3, -0.25) is 14.4 Å². The van der Waals surface area contributed by atoms with Crippen LogP contribution in [0.4, 0.5) is 0 Å². The summed E-state index contributed by atoms with van der Waals surface area (Å²) in [6, 6.07) is 2.86. The van der Waals surface area contributed by atoms with E-state index in [0.717, 1.165) is 5.56 Å². The van der Waals surface area contributed by atoms with Crippen molar-refractivity contribution in [1.82, 2.24) is 10.2 Å². The standard InChI is InChI=1S/C18H23N3O7/c19-12(8-10-3-5-11(22)6-4-10)17(26)21-7-1-2-14(21)16(25)20-13(18(27)28)9-15(23)24/h3-6,12-14,22H,1-2,7-9,19H2,(H,20,25)(H,23,24)(H,27,28)/t12-,13-,14-/m0/s1. The second-order valence-corrected chi connectivity index (χ2v) is 6.66. The number of rotatable bonds is 8. The largest absolute Gasteiger partial charge is 0.508 e. The first-order chi connectivity index (χ1) is 13.2. The molecule has 1 saturated heterocycles. The molecular weight excluding hydrogens is 370 g/mol. The van der Waals surface area contributed by atoms with Crippen molar-refractivity contribution in [2.75, 3.05) is 6.54 Å². The molecule has 1 aromatic rings. The molecule has 0 bridgehead atoms. The van der Waals surface area contributed by atoms with Crippen molar-refractivity contribution in [3.63, 3.8) is 0 Å². The number of carbonyl (C=O) groups excluding carboxylic acids is 2. The lowest BCUT2D eigenvalue weighted by atomic mass is 10.0. The van der Waals surface area contributed by atoms with Gasteiger partial charge >= 0.3 is 11.9 Å². The number of nitrogens with zero attached hydrogens (tertiary/aromatic N) is 1. The first-order valence-corrected chi connectivity index (χ1v) is 8.78. The molecule has 1 aliphatic heterocycles. The number of nitrogens with two attached hydrogens (primary N) is 1. The Labute approximate surface area is 160 Å². The summed E-state index contributed by atoms with van der Waals surface area (Å²) in [4.78, 5) is 48.3. The number of aliphatic carboxylic acids is 2. The quantitative estimate of drug-likeness (QED) is 0.386. The zero-order chi connectivity index (χ0) is 20.8. The number of phenolic OH excluding ortho intramolecular Hbond substituents is 1. The minimum Gasteiger partial charge on any atom is -0.508 e. The van der Waals surface area contributed by atoms with Gasteiger partial charge in [0, 0.05) is 6.54 Å². The zero-order valence-electron chi connectivity index (χ0n) is 15.1. The highest BCUT2D eigenvalue weighted by atomic mass is 16.4. The van der Waals surface area contributed by atoms with Crippen LogP contribution in [0, 0.1) is 0 Å². The van der Waals surface area contributed by atoms with Gasteiger partial charge in [-0.1, -0.05) is 12.1 Å². The van der Waals surface area contributed by atoms with Crippen LogP contribution in [-0.4, -0.2) is 68.6 Å². The van der Waals surface area contributed by atoms with Gasteiger partial charge in [-0.2, -0.15) is 0 Å². The normalized spacial score (nSPS) is 18.3. The first kappa shape index (κ1) is 21.2. The molecule has 2 rings (SSSR count). The van der Waals surface area contributed by atoms with Crippen LogP contribution in [0.5, 0.6) is 5.75 Å². The van der Waals surface area contributed by atoms with Gasteiger partial charge in [0.1, 0.15) is 17.8 Å². The van der Waals surface area contributed by atoms with Crippen LogP contribution in [0.1, 0.15) is 24.8 Å². The average molecular weight is 393 g/mol. The SMILES string of the molecule is N[C@@H](Cc1ccc(O)cc1)C(=O)N1CCC[C@H]1C(=O)N[C@@H](CC(=O)O)C(=O)O. The summed E-state index contributed by atoms with van der Waals surface area (Å²) < 4.78 is 0. The number of carboxylic acid groups (broad SMARTS) is 2. The second-order valence-electron chi connectivity index (χ2n) is 6.66. The molecule has 28 heavy (non-hydrogen) atoms. The summed E-state index contributed by atoms with van der Waals surface area (Å²) in [6.07, 6.45) is 0.332. The molecule has 0 unspecified atom stereocenters. The van der Waals surface area contributed by atoms with E-state index in [2.05, 4.69) is 5.32 Å². The van der Waals surface area contributed by atoms with Crippen molar-refractivity contribution in [1.29, 1.82) is 0 Å². The maximum Gasteiger partial charge on any atom is 0.326 e. The van der Waals surface area contributed by atoms with E-state index in [-0.39, 0.29) is 12.2 Å². The third-order valence-electron chi connectivity index (χ3n) is 4.54. The molecule has 1 aromatic carbocycles. The van der Waals surface area contributed by atoms with Gasteiger partial charge in [-0.15, -0.1) is 0 Å². The van der Waals surface area contributed by atoms with Crippen LogP contribution < -0.4 is 11.1 Å². The number of carboxylic acids is 2. The number of nitrogens with one attached hydrogen (secondary N) is 1. The third-order valence-corrected chi connectivity index (χ3v) is 4.54. The summed E-state index contributed by atoms with van der Waals surface area (Å²) in [5, 5.41) is 29.3. The number of hydrogen-bond acceptors (Lipinski definition) is 6. The number of amides is 2. The fraction of sp³-hybridized carbons (Fsp3) is 0.444. The maximum atomic E-state index is 12.7. The maximum absolute atomic E-state index is 12.7. The Bertz CT molecular complexity index is 750. The number of carbonyl (C=O) groups is 4. The Balaban J connectivity index is 2.02. The summed E-state index contributed by atoms with van der Waals surface area (Å²) in [5.74, 6) is -3.89. The number of likely N-dealkylation sites (tertiary alicyclic amines) is 1. The van der Waals surface area contributed by atoms with E-state index < -0.39 is 48.3 Å². The van der Waals surface area contributed by atoms with E-state index in [4.69, 9.17) is 15.9 Å². The highest BCUT2D eigenvalue weighted by Crippen LogP contribution is 2.20. The minimum absolute atomic E-state index is 0.0919. The van der Waals surface area contributed by atoms with Gasteiger partial charge in [-0.25, -0.2) is 4.79 Å². The fourth-order valence-corrected chi connectivity index (χ4v) is 3.13. The first-order valence-electron chi connectivity index (χ1n) is 8.78. The summed E-state index contributed by atoms with van der Waals surface area (Å²) in [7, 11) is 0. The molecular formula is C18H23N3O7. The van der Waals surface area contributed by atoms with Crippen LogP contribution >= 0.6 is 0 Å². The lowest BCUT2D eigenvalue weighted by Gasteiger charge is -2.27. The average Bonchev–Trinajstić information content (AvgIpc) is 3.11. The third kappa shape index (κ3) is 5.43. The lowest BCUT2D eigenvalue weighted by molar-refractivity contribution is -0.148. The molecule has 3 atom stereocenters. The Morgan fingerprint density at radius 3 is 2.39 bits per heavy atom. The highest BCUT2D eigenvalue weighted by molar-refractivity contribution is 5.93. The van der Waals surface area contributed by atoms with Crippen molar-refractivity contribution in [2.45, 2.75) is 43.8 Å². The fourth-order valence-electron chi connectivity index (χ4n) is 3.13. The Morgan fingerprint density at radius 1 is 1.18 bits per heavy atom. The topological polar surface area (TPSA) is 170 Å². The number of hydrogen-bond donors (Lipinski definition) is 5. The van der Waals surface area contributed by atoms with E-state index in [1.165, 1.54) is 17.0 Å². The van der Waals surface area contributed by atoms with E-state index >= 15 is 0 Å². The van der Waals surface area contributed by atoms with Crippen molar-refractivity contribution in [3.8, 4) is 5.75 Å². The molecule has 2 amide bonds. The van der Waals surface area contributed by atoms with Crippen LogP contribution in [0.25, 0.3) is 0 Å². The molecule has 10 heteroatoms. The van der Waals surface area contributed by atoms with E-state index in [1.807, 2.05) is 0 Å². The molecule has 0 radical (unpaired) electrons. The lowest BCUT2D eigenvalue weighted by Crippen LogP contribution is -2.54. The van der Waals surface area contributed by atoms with Crippen LogP contribution in [0.3, 0.4) is 0 Å². The van der Waals surface area contributed by atoms with Crippen LogP contribution in [0.15, 0.2) is 24.3 Å². The molecule has 1 heterocycles. The van der Waals surface area contributed by atoms with Gasteiger partial charge in [0.25, 0.3) is 0 Å². The van der Waals surface area contributed by atoms with Gasteiger partial charge in [-0.05, 0) is 37.0 Å². The van der Waals surface area contributed by atoms with E-state index in [0.29, 0.717) is 19.4 Å². The van der Waals surface area contributed by atoms with Crippen molar-refractivity contribution < 1.29 is 34.5 Å². The van der Waals surface area contributed by atoms with Crippen LogP contribution in [0.2, 0.25) is 0 Å². The van der Waals surface area contributed by atoms with Crippen molar-refractivity contribution in [2.24, 2.45) is 5.73 Å². The van der Waals surface area contributed by atoms with Gasteiger partial charge in [0.15, 0.2) is 0 Å². The summed E-state index contributed by atoms with van der Waals surface area (Å²) in [5.41, 5.74) is 6.73. The van der Waals surface area contributed by atoms with Gasteiger partial charge in [0.05, 0.1) is 12.5 Å². The highest BCUT2D eigenvalue weighted by Gasteiger charge is 2.37. The monoisotopic (exact) mass is 393 g/mol. The molecule has 10 nitrogen and oxygen atoms in total. The van der Waals surface area contributed by atoms with E-state index in [1.54, 1.807) is 12.1 Å². The molecule has 0 aromatic heterocycles. The van der Waals surface area contributed by atoms with Crippen molar-refractivity contribution >= 4 is 23.8 Å². The number of benzene rings is 1. The summed E-state index contributed by atoms with van der Waals surface area (Å²) >= 11 is 0. The summed E-state index contributed by atoms with van der Waals surface area (Å²) in [6.45, 7) is 0.302. The second kappa shape index (κ2) is 9.18. The van der Waals surface area contributed by atoms with Gasteiger partial charge < -0.3 is 31.3 Å². The molecule has 0 aliphatic carbocycles. The van der Waals surface area contributed by atoms with Crippen LogP contribution in [-0.2, 0) is 25.6 Å². The van der Waals surface area contributed by atoms with Crippen molar-refractivity contribution in [3.05, 3.63) is 29.8 Å². The molecule has 1 fully saturated rings. The minimum atomic E-state index is -1.58. The number of phenols is 1. The van der Waals surface area contributed by atoms with E-state index in [9.17, 15) is 24.3 Å². The molecule has 1 aliphatic rings. The molecule has 152 valence electrons. The Morgan fingerprint density at radius 2 is 1.82 bits per heavy atom. The Hall–Kier alpha value is -3.14. The predicted octanol–water partition coefficient (Wildman–Crippen LogP) is -0.703. The zero-order valence-corrected chi connectivity index (χ0v) is 15.1. The predicted molar refractivity (Wildman–Crippen MR) is 96.3 cm³/mol. The Kier molecular flexibility index (Phi) is 6.94. The number of aromatic hydroxyl groups is 1. The molecule has 0 saturated carbocycles. The van der Waals surface area contributed by atoms with Gasteiger partial charge in [0.2, 0.25) is 11.8 Å². The molecule has 6 N–H and O–H groups in total.